The lowest BCUT2D eigenvalue weighted by Crippen LogP contribution is -2.57. The largest absolute Gasteiger partial charge is 0.386 e. The molecule has 0 aromatic rings. The van der Waals surface area contributed by atoms with Crippen molar-refractivity contribution in [1.29, 1.82) is 0 Å². The Morgan fingerprint density at radius 2 is 1.50 bits per heavy atom. The lowest BCUT2D eigenvalue weighted by Gasteiger charge is -2.31. The van der Waals surface area contributed by atoms with Crippen LogP contribution < -0.4 is 0 Å². The Hall–Kier alpha value is -1.44. The zero-order chi connectivity index (χ0) is 14.7. The molecule has 0 heterocycles. The van der Waals surface area contributed by atoms with Crippen LogP contribution in [-0.4, -0.2) is 56.3 Å². The molecule has 0 saturated heterocycles. The second-order valence-electron chi connectivity index (χ2n) is 4.14. The predicted molar refractivity (Wildman–Crippen MR) is 58.6 cm³/mol. The summed E-state index contributed by atoms with van der Waals surface area (Å²) in [6.45, 7) is 2.77. The number of hydrogen-bond donors (Lipinski definition) is 3. The monoisotopic (exact) mass is 260 g/mol. The summed E-state index contributed by atoms with van der Waals surface area (Å²) < 4.78 is 0. The van der Waals surface area contributed by atoms with Gasteiger partial charge in [0.1, 0.15) is 12.2 Å². The summed E-state index contributed by atoms with van der Waals surface area (Å²) in [6, 6.07) is 0. The molecule has 3 unspecified atom stereocenters. The average Bonchev–Trinajstić information content (AvgIpc) is 2.25. The Labute approximate surface area is 103 Å². The molecular weight excluding hydrogens is 244 g/mol. The molecule has 0 spiro atoms. The normalized spacial score (nSPS) is 17.4. The first-order chi connectivity index (χ1) is 8.04. The fourth-order valence-corrected chi connectivity index (χ4v) is 1.29. The molecule has 18 heavy (non-hydrogen) atoms. The first-order valence-corrected chi connectivity index (χ1v) is 5.17. The fourth-order valence-electron chi connectivity index (χ4n) is 1.29. The predicted octanol–water partition coefficient (Wildman–Crippen LogP) is -1.83. The van der Waals surface area contributed by atoms with Crippen LogP contribution in [0.5, 0.6) is 0 Å². The molecule has 102 valence electrons. The average molecular weight is 260 g/mol. The Morgan fingerprint density at radius 1 is 1.06 bits per heavy atom. The number of Topliss-reactive ketones (excluding diaryl/α,β-unsaturated/α-hetero) is 4. The second kappa shape index (κ2) is 5.94. The minimum Gasteiger partial charge on any atom is -0.386 e. The lowest BCUT2D eigenvalue weighted by molar-refractivity contribution is -0.169. The highest BCUT2D eigenvalue weighted by Crippen LogP contribution is 2.21. The molecule has 3 N–H and O–H groups in total. The van der Waals surface area contributed by atoms with E-state index in [1.807, 2.05) is 0 Å². The highest BCUT2D eigenvalue weighted by Gasteiger charge is 2.47. The third-order valence-corrected chi connectivity index (χ3v) is 2.64. The molecule has 3 atom stereocenters. The van der Waals surface area contributed by atoms with Gasteiger partial charge >= 0.3 is 0 Å². The van der Waals surface area contributed by atoms with Crippen LogP contribution in [-0.2, 0) is 19.2 Å². The number of carbonyl (C=O) groups excluding carboxylic acids is 4. The van der Waals surface area contributed by atoms with Crippen LogP contribution in [0.3, 0.4) is 0 Å². The zero-order valence-electron chi connectivity index (χ0n) is 10.3. The summed E-state index contributed by atoms with van der Waals surface area (Å²) in [5.74, 6) is -3.89. The van der Waals surface area contributed by atoms with E-state index >= 15 is 0 Å². The van der Waals surface area contributed by atoms with Gasteiger partial charge in [0, 0.05) is 6.92 Å². The van der Waals surface area contributed by atoms with Crippen LogP contribution in [0.4, 0.5) is 0 Å². The smallest absolute Gasteiger partial charge is 0.201 e. The van der Waals surface area contributed by atoms with Gasteiger partial charge in [0.25, 0.3) is 0 Å². The summed E-state index contributed by atoms with van der Waals surface area (Å²) >= 11 is 0. The maximum atomic E-state index is 11.3. The summed E-state index contributed by atoms with van der Waals surface area (Å²) in [6.07, 6.45) is -5.17. The Balaban J connectivity index is 5.27. The van der Waals surface area contributed by atoms with Gasteiger partial charge in [0.2, 0.25) is 5.78 Å². The van der Waals surface area contributed by atoms with E-state index in [1.165, 1.54) is 0 Å². The summed E-state index contributed by atoms with van der Waals surface area (Å²) in [4.78, 5) is 44.2. The van der Waals surface area contributed by atoms with Crippen molar-refractivity contribution in [3.63, 3.8) is 0 Å². The van der Waals surface area contributed by atoms with E-state index in [4.69, 9.17) is 0 Å². The molecule has 0 radical (unpaired) electrons. The number of ketones is 4. The van der Waals surface area contributed by atoms with Crippen LogP contribution >= 0.6 is 0 Å². The highest BCUT2D eigenvalue weighted by atomic mass is 16.4. The van der Waals surface area contributed by atoms with Crippen molar-refractivity contribution < 1.29 is 34.5 Å². The molecule has 0 rings (SSSR count). The lowest BCUT2D eigenvalue weighted by atomic mass is 9.83. The van der Waals surface area contributed by atoms with Gasteiger partial charge in [-0.1, -0.05) is 0 Å². The molecule has 0 amide bonds. The number of hydrogen-bond acceptors (Lipinski definition) is 7. The van der Waals surface area contributed by atoms with Crippen molar-refractivity contribution in [1.82, 2.24) is 0 Å². The molecule has 0 aliphatic rings. The summed E-state index contributed by atoms with van der Waals surface area (Å²) in [5.41, 5.74) is -2.66. The van der Waals surface area contributed by atoms with Crippen LogP contribution in [0, 0.1) is 0 Å². The summed E-state index contributed by atoms with van der Waals surface area (Å²) in [5, 5.41) is 28.8. The van der Waals surface area contributed by atoms with Crippen LogP contribution in [0.15, 0.2) is 0 Å². The van der Waals surface area contributed by atoms with Gasteiger partial charge in [0.05, 0.1) is 6.42 Å². The van der Waals surface area contributed by atoms with E-state index in [2.05, 4.69) is 0 Å². The van der Waals surface area contributed by atoms with Crippen molar-refractivity contribution in [2.75, 3.05) is 0 Å². The SMILES string of the molecule is CC(=O)C(=O)CC(O)(C(C)=O)C(O)C(O)C(C)=O. The van der Waals surface area contributed by atoms with Crippen LogP contribution in [0.2, 0.25) is 0 Å². The molecule has 0 aromatic carbocycles. The topological polar surface area (TPSA) is 129 Å². The maximum absolute atomic E-state index is 11.3. The molecule has 7 nitrogen and oxygen atoms in total. The van der Waals surface area contributed by atoms with E-state index in [0.29, 0.717) is 0 Å². The van der Waals surface area contributed by atoms with Crippen molar-refractivity contribution in [2.45, 2.75) is 45.0 Å². The summed E-state index contributed by atoms with van der Waals surface area (Å²) in [7, 11) is 0. The van der Waals surface area contributed by atoms with Gasteiger partial charge in [-0.25, -0.2) is 0 Å². The van der Waals surface area contributed by atoms with Gasteiger partial charge in [-0.3, -0.25) is 19.2 Å². The number of aliphatic hydroxyl groups excluding tert-OH is 2. The fraction of sp³-hybridized carbons (Fsp3) is 0.636. The molecule has 0 saturated carbocycles. The first-order valence-electron chi connectivity index (χ1n) is 5.17. The third-order valence-electron chi connectivity index (χ3n) is 2.64. The van der Waals surface area contributed by atoms with Gasteiger partial charge in [-0.15, -0.1) is 0 Å². The Morgan fingerprint density at radius 3 is 1.78 bits per heavy atom. The van der Waals surface area contributed by atoms with E-state index < -0.39 is 47.4 Å². The van der Waals surface area contributed by atoms with Crippen molar-refractivity contribution in [2.24, 2.45) is 0 Å². The molecule has 7 heteroatoms. The van der Waals surface area contributed by atoms with Gasteiger partial charge in [-0.2, -0.15) is 0 Å². The van der Waals surface area contributed by atoms with Crippen molar-refractivity contribution in [3.8, 4) is 0 Å². The standard InChI is InChI=1S/C11H16O7/c1-5(12)8(15)4-11(18,7(3)14)10(17)9(16)6(2)13/h9-10,16-18H,4H2,1-3H3. The molecule has 0 bridgehead atoms. The first kappa shape index (κ1) is 16.6. The number of aliphatic hydroxyl groups is 3. The molecule has 0 aromatic heterocycles. The molecule has 0 aliphatic heterocycles. The Bertz CT molecular complexity index is 387. The molecular formula is C11H16O7. The van der Waals surface area contributed by atoms with E-state index in [9.17, 15) is 34.5 Å². The zero-order valence-corrected chi connectivity index (χ0v) is 10.3. The van der Waals surface area contributed by atoms with E-state index in [0.717, 1.165) is 20.8 Å². The van der Waals surface area contributed by atoms with Gasteiger partial charge in [0.15, 0.2) is 23.0 Å². The molecule has 0 aliphatic carbocycles. The molecule has 0 fully saturated rings. The van der Waals surface area contributed by atoms with E-state index in [1.54, 1.807) is 0 Å². The van der Waals surface area contributed by atoms with Crippen molar-refractivity contribution in [3.05, 3.63) is 0 Å². The van der Waals surface area contributed by atoms with Gasteiger partial charge < -0.3 is 15.3 Å². The van der Waals surface area contributed by atoms with Crippen molar-refractivity contribution >= 4 is 23.1 Å². The second-order valence-corrected chi connectivity index (χ2v) is 4.14. The number of carbonyl (C=O) groups is 4. The minimum atomic E-state index is -2.66. The quantitative estimate of drug-likeness (QED) is 0.459. The minimum absolute atomic E-state index is 0.877. The number of rotatable bonds is 7. The maximum Gasteiger partial charge on any atom is 0.201 e. The van der Waals surface area contributed by atoms with E-state index in [-0.39, 0.29) is 0 Å². The highest BCUT2D eigenvalue weighted by molar-refractivity contribution is 6.36. The third kappa shape index (κ3) is 3.52. The van der Waals surface area contributed by atoms with Crippen LogP contribution in [0.25, 0.3) is 0 Å². The Kier molecular flexibility index (Phi) is 5.47. The van der Waals surface area contributed by atoms with Gasteiger partial charge in [-0.05, 0) is 13.8 Å². The van der Waals surface area contributed by atoms with Crippen LogP contribution in [0.1, 0.15) is 27.2 Å².